The molecule has 7 heteroatoms. The molecule has 2 N–H and O–H groups in total. The van der Waals surface area contributed by atoms with E-state index in [0.29, 0.717) is 6.04 Å². The lowest BCUT2D eigenvalue weighted by Gasteiger charge is -2.34. The van der Waals surface area contributed by atoms with Crippen molar-refractivity contribution >= 4 is 5.91 Å². The van der Waals surface area contributed by atoms with Crippen LogP contribution in [0, 0.1) is 19.8 Å². The average Bonchev–Trinajstić information content (AvgIpc) is 2.78. The van der Waals surface area contributed by atoms with Gasteiger partial charge in [-0.2, -0.15) is 5.10 Å². The lowest BCUT2D eigenvalue weighted by atomic mass is 10.0. The quantitative estimate of drug-likeness (QED) is 0.853. The van der Waals surface area contributed by atoms with E-state index in [1.165, 1.54) is 11.3 Å². The maximum absolute atomic E-state index is 12.0. The molecular formula is C18H31N5O2. The molecule has 7 nitrogen and oxygen atoms in total. The summed E-state index contributed by atoms with van der Waals surface area (Å²) in [6.45, 7) is 10.1. The predicted octanol–water partition coefficient (Wildman–Crippen LogP) is 0.435. The van der Waals surface area contributed by atoms with Gasteiger partial charge in [0.2, 0.25) is 5.91 Å². The van der Waals surface area contributed by atoms with E-state index < -0.39 is 0 Å². The second-order valence-electron chi connectivity index (χ2n) is 7.45. The van der Waals surface area contributed by atoms with Crippen LogP contribution in [0.4, 0.5) is 0 Å². The first-order valence-corrected chi connectivity index (χ1v) is 9.28. The number of amides is 1. The third-order valence-electron chi connectivity index (χ3n) is 5.79. The van der Waals surface area contributed by atoms with Gasteiger partial charge in [0.1, 0.15) is 0 Å². The molecule has 1 aromatic heterocycles. The summed E-state index contributed by atoms with van der Waals surface area (Å²) in [7, 11) is 1.98. The van der Waals surface area contributed by atoms with Gasteiger partial charge in [-0.25, -0.2) is 0 Å². The summed E-state index contributed by atoms with van der Waals surface area (Å²) in [5, 5.41) is 4.52. The summed E-state index contributed by atoms with van der Waals surface area (Å²) in [6, 6.07) is 0.511. The summed E-state index contributed by atoms with van der Waals surface area (Å²) < 4.78 is 7.42. The number of aryl methyl sites for hydroxylation is 2. The summed E-state index contributed by atoms with van der Waals surface area (Å²) in [4.78, 5) is 16.8. The number of carbonyl (C=O) groups excluding carboxylic acids is 1. The maximum Gasteiger partial charge on any atom is 0.223 e. The standard InChI is InChI=1S/C18H31N5O2/c1-13-17(14(2)21(3)20-13)12-22-6-7-23(11-15(10-22)18(19)24)16-4-8-25-9-5-16/h15-16H,4-12H2,1-3H3,(H2,19,24)/t15-/m0/s1. The molecule has 0 spiro atoms. The number of carbonyl (C=O) groups is 1. The highest BCUT2D eigenvalue weighted by Crippen LogP contribution is 2.21. The first-order chi connectivity index (χ1) is 12.0. The van der Waals surface area contributed by atoms with Gasteiger partial charge < -0.3 is 10.5 Å². The number of hydrogen-bond donors (Lipinski definition) is 1. The fourth-order valence-electron chi connectivity index (χ4n) is 4.08. The minimum atomic E-state index is -0.191. The minimum Gasteiger partial charge on any atom is -0.381 e. The Morgan fingerprint density at radius 1 is 1.24 bits per heavy atom. The van der Waals surface area contributed by atoms with Crippen LogP contribution in [0.25, 0.3) is 0 Å². The van der Waals surface area contributed by atoms with E-state index in [1.807, 2.05) is 11.7 Å². The molecule has 2 aliphatic rings. The molecular weight excluding hydrogens is 318 g/mol. The Kier molecular flexibility index (Phi) is 5.76. The highest BCUT2D eigenvalue weighted by Gasteiger charge is 2.31. The zero-order valence-electron chi connectivity index (χ0n) is 15.7. The summed E-state index contributed by atoms with van der Waals surface area (Å²) in [6.07, 6.45) is 2.10. The molecule has 1 atom stereocenters. The third kappa shape index (κ3) is 4.22. The van der Waals surface area contributed by atoms with Crippen molar-refractivity contribution in [3.63, 3.8) is 0 Å². The van der Waals surface area contributed by atoms with Gasteiger partial charge in [0.05, 0.1) is 11.6 Å². The van der Waals surface area contributed by atoms with Crippen LogP contribution in [0.5, 0.6) is 0 Å². The molecule has 0 aromatic carbocycles. The van der Waals surface area contributed by atoms with Crippen molar-refractivity contribution in [2.24, 2.45) is 18.7 Å². The number of hydrogen-bond acceptors (Lipinski definition) is 5. The number of ether oxygens (including phenoxy) is 1. The van der Waals surface area contributed by atoms with E-state index in [9.17, 15) is 4.79 Å². The van der Waals surface area contributed by atoms with Gasteiger partial charge >= 0.3 is 0 Å². The molecule has 2 saturated heterocycles. The molecule has 0 radical (unpaired) electrons. The van der Waals surface area contributed by atoms with Crippen molar-refractivity contribution < 1.29 is 9.53 Å². The van der Waals surface area contributed by atoms with Crippen LogP contribution in [0.2, 0.25) is 0 Å². The number of rotatable bonds is 4. The second kappa shape index (κ2) is 7.85. The van der Waals surface area contributed by atoms with Crippen molar-refractivity contribution in [2.45, 2.75) is 39.3 Å². The van der Waals surface area contributed by atoms with E-state index in [4.69, 9.17) is 10.5 Å². The fraction of sp³-hybridized carbons (Fsp3) is 0.778. The number of nitrogens with zero attached hydrogens (tertiary/aromatic N) is 4. The van der Waals surface area contributed by atoms with Crippen molar-refractivity contribution in [2.75, 3.05) is 39.4 Å². The molecule has 0 saturated carbocycles. The summed E-state index contributed by atoms with van der Waals surface area (Å²) >= 11 is 0. The van der Waals surface area contributed by atoms with Gasteiger partial charge in [-0.15, -0.1) is 0 Å². The van der Waals surface area contributed by atoms with Crippen molar-refractivity contribution in [1.82, 2.24) is 19.6 Å². The Labute approximate surface area is 150 Å². The van der Waals surface area contributed by atoms with Crippen LogP contribution in [-0.2, 0) is 23.1 Å². The number of primary amides is 1. The van der Waals surface area contributed by atoms with E-state index >= 15 is 0 Å². The van der Waals surface area contributed by atoms with Crippen molar-refractivity contribution in [3.8, 4) is 0 Å². The minimum absolute atomic E-state index is 0.123. The van der Waals surface area contributed by atoms with Gasteiger partial charge in [0.15, 0.2) is 0 Å². The van der Waals surface area contributed by atoms with Crippen LogP contribution in [0.15, 0.2) is 0 Å². The molecule has 1 amide bonds. The molecule has 140 valence electrons. The van der Waals surface area contributed by atoms with Gasteiger partial charge in [0.25, 0.3) is 0 Å². The van der Waals surface area contributed by atoms with Crippen LogP contribution in [0.1, 0.15) is 29.8 Å². The molecule has 2 fully saturated rings. The largest absolute Gasteiger partial charge is 0.381 e. The summed E-state index contributed by atoms with van der Waals surface area (Å²) in [5.74, 6) is -0.314. The number of nitrogens with two attached hydrogens (primary N) is 1. The topological polar surface area (TPSA) is 76.6 Å². The molecule has 3 heterocycles. The molecule has 1 aromatic rings. The average molecular weight is 349 g/mol. The van der Waals surface area contributed by atoms with Crippen LogP contribution in [-0.4, -0.2) is 70.9 Å². The first kappa shape index (κ1) is 18.4. The molecule has 25 heavy (non-hydrogen) atoms. The van der Waals surface area contributed by atoms with Crippen molar-refractivity contribution in [3.05, 3.63) is 17.0 Å². The van der Waals surface area contributed by atoms with E-state index in [1.54, 1.807) is 0 Å². The highest BCUT2D eigenvalue weighted by molar-refractivity contribution is 5.77. The third-order valence-corrected chi connectivity index (χ3v) is 5.79. The smallest absolute Gasteiger partial charge is 0.223 e. The second-order valence-corrected chi connectivity index (χ2v) is 7.45. The van der Waals surface area contributed by atoms with Crippen LogP contribution >= 0.6 is 0 Å². The lowest BCUT2D eigenvalue weighted by Crippen LogP contribution is -2.44. The van der Waals surface area contributed by atoms with Crippen LogP contribution in [0.3, 0.4) is 0 Å². The van der Waals surface area contributed by atoms with Gasteiger partial charge in [-0.1, -0.05) is 0 Å². The molecule has 0 unspecified atom stereocenters. The Morgan fingerprint density at radius 2 is 1.96 bits per heavy atom. The normalized spacial score (nSPS) is 24.4. The van der Waals surface area contributed by atoms with E-state index in [-0.39, 0.29) is 11.8 Å². The molecule has 0 aliphatic carbocycles. The summed E-state index contributed by atoms with van der Waals surface area (Å²) in [5.41, 5.74) is 9.25. The van der Waals surface area contributed by atoms with Crippen molar-refractivity contribution in [1.29, 1.82) is 0 Å². The zero-order chi connectivity index (χ0) is 18.0. The monoisotopic (exact) mass is 349 g/mol. The Hall–Kier alpha value is -1.44. The fourth-order valence-corrected chi connectivity index (χ4v) is 4.08. The first-order valence-electron chi connectivity index (χ1n) is 9.28. The Morgan fingerprint density at radius 3 is 2.56 bits per heavy atom. The number of aromatic nitrogens is 2. The van der Waals surface area contributed by atoms with E-state index in [0.717, 1.165) is 64.5 Å². The molecule has 0 bridgehead atoms. The molecule has 2 aliphatic heterocycles. The van der Waals surface area contributed by atoms with Gasteiger partial charge in [-0.05, 0) is 26.7 Å². The van der Waals surface area contributed by atoms with E-state index in [2.05, 4.69) is 28.7 Å². The van der Waals surface area contributed by atoms with Crippen LogP contribution < -0.4 is 5.73 Å². The zero-order valence-corrected chi connectivity index (χ0v) is 15.7. The Bertz CT molecular complexity index is 609. The Balaban J connectivity index is 1.72. The lowest BCUT2D eigenvalue weighted by molar-refractivity contribution is -0.122. The predicted molar refractivity (Wildman–Crippen MR) is 96.1 cm³/mol. The van der Waals surface area contributed by atoms with Gasteiger partial charge in [-0.3, -0.25) is 19.3 Å². The highest BCUT2D eigenvalue weighted by atomic mass is 16.5. The van der Waals surface area contributed by atoms with Gasteiger partial charge in [0, 0.05) is 70.3 Å². The maximum atomic E-state index is 12.0. The SMILES string of the molecule is Cc1nn(C)c(C)c1CN1CCN(C2CCOCC2)C[C@@H](C(N)=O)C1. The molecule has 3 rings (SSSR count).